The maximum Gasteiger partial charge on any atom is 0.180 e. The van der Waals surface area contributed by atoms with Crippen molar-refractivity contribution < 1.29 is 0 Å². The molecular formula is C15H18N4. The third-order valence-electron chi connectivity index (χ3n) is 3.24. The summed E-state index contributed by atoms with van der Waals surface area (Å²) >= 11 is 0. The average molecular weight is 254 g/mol. The first-order valence-corrected chi connectivity index (χ1v) is 6.82. The lowest BCUT2D eigenvalue weighted by Gasteiger charge is -2.08. The van der Waals surface area contributed by atoms with E-state index in [1.165, 1.54) is 12.8 Å². The van der Waals surface area contributed by atoms with Crippen molar-refractivity contribution in [3.05, 3.63) is 35.7 Å². The van der Waals surface area contributed by atoms with E-state index in [0.717, 1.165) is 35.1 Å². The summed E-state index contributed by atoms with van der Waals surface area (Å²) in [6.07, 6.45) is 4.34. The van der Waals surface area contributed by atoms with Crippen LogP contribution in [-0.4, -0.2) is 21.5 Å². The van der Waals surface area contributed by atoms with Crippen molar-refractivity contribution in [3.63, 3.8) is 0 Å². The molecule has 4 heteroatoms. The molecule has 0 radical (unpaired) electrons. The number of aromatic nitrogens is 3. The minimum atomic E-state index is 0.615. The molecule has 2 heterocycles. The molecule has 2 aromatic heterocycles. The first-order chi connectivity index (χ1) is 9.26. The minimum absolute atomic E-state index is 0.615. The molecular weight excluding hydrogens is 236 g/mol. The van der Waals surface area contributed by atoms with Crippen LogP contribution >= 0.6 is 0 Å². The second-order valence-corrected chi connectivity index (χ2v) is 5.03. The van der Waals surface area contributed by atoms with Crippen LogP contribution in [0.25, 0.3) is 11.5 Å². The molecule has 0 atom stereocenters. The Morgan fingerprint density at radius 3 is 2.74 bits per heavy atom. The van der Waals surface area contributed by atoms with Crippen LogP contribution in [0.2, 0.25) is 0 Å². The second kappa shape index (κ2) is 4.96. The molecule has 0 saturated heterocycles. The molecule has 2 aromatic rings. The molecule has 0 aromatic carbocycles. The summed E-state index contributed by atoms with van der Waals surface area (Å²) in [5.74, 6) is 2.24. The van der Waals surface area contributed by atoms with Gasteiger partial charge in [-0.15, -0.1) is 0 Å². The Bertz CT molecular complexity index is 573. The van der Waals surface area contributed by atoms with E-state index in [0.29, 0.717) is 5.92 Å². The van der Waals surface area contributed by atoms with Gasteiger partial charge in [-0.3, -0.25) is 4.98 Å². The number of anilines is 1. The summed E-state index contributed by atoms with van der Waals surface area (Å²) < 4.78 is 0. The number of hydrogen-bond acceptors (Lipinski definition) is 4. The summed E-state index contributed by atoms with van der Waals surface area (Å²) in [7, 11) is 0. The predicted octanol–water partition coefficient (Wildman–Crippen LogP) is 3.16. The summed E-state index contributed by atoms with van der Waals surface area (Å²) in [6, 6.07) is 6.10. The highest BCUT2D eigenvalue weighted by molar-refractivity contribution is 5.53. The summed E-state index contributed by atoms with van der Waals surface area (Å²) in [5, 5.41) is 3.27. The minimum Gasteiger partial charge on any atom is -0.370 e. The van der Waals surface area contributed by atoms with Crippen LogP contribution in [0.4, 0.5) is 5.82 Å². The third kappa shape index (κ3) is 2.72. The largest absolute Gasteiger partial charge is 0.370 e. The molecule has 19 heavy (non-hydrogen) atoms. The highest BCUT2D eigenvalue weighted by Crippen LogP contribution is 2.40. The summed E-state index contributed by atoms with van der Waals surface area (Å²) in [6.45, 7) is 4.97. The van der Waals surface area contributed by atoms with Crippen molar-refractivity contribution in [1.29, 1.82) is 0 Å². The van der Waals surface area contributed by atoms with Gasteiger partial charge in [-0.05, 0) is 38.3 Å². The molecule has 1 saturated carbocycles. The Balaban J connectivity index is 2.01. The van der Waals surface area contributed by atoms with E-state index >= 15 is 0 Å². The third-order valence-corrected chi connectivity index (χ3v) is 3.24. The van der Waals surface area contributed by atoms with E-state index in [9.17, 15) is 0 Å². The lowest BCUT2D eigenvalue weighted by atomic mass is 10.2. The lowest BCUT2D eigenvalue weighted by molar-refractivity contribution is 0.981. The Hall–Kier alpha value is -1.97. The molecule has 1 N–H and O–H groups in total. The maximum absolute atomic E-state index is 4.66. The van der Waals surface area contributed by atoms with E-state index in [2.05, 4.69) is 33.3 Å². The molecule has 4 nitrogen and oxygen atoms in total. The summed E-state index contributed by atoms with van der Waals surface area (Å²) in [4.78, 5) is 13.6. The number of pyridine rings is 1. The van der Waals surface area contributed by atoms with Crippen molar-refractivity contribution in [2.24, 2.45) is 0 Å². The Morgan fingerprint density at radius 1 is 1.26 bits per heavy atom. The number of aryl methyl sites for hydroxylation is 1. The van der Waals surface area contributed by atoms with Gasteiger partial charge in [-0.2, -0.15) is 0 Å². The fourth-order valence-corrected chi connectivity index (χ4v) is 2.04. The van der Waals surface area contributed by atoms with Gasteiger partial charge in [0, 0.05) is 30.4 Å². The first kappa shape index (κ1) is 12.1. The Labute approximate surface area is 113 Å². The Kier molecular flexibility index (Phi) is 3.15. The van der Waals surface area contributed by atoms with Crippen LogP contribution in [0.5, 0.6) is 0 Å². The van der Waals surface area contributed by atoms with E-state index < -0.39 is 0 Å². The van der Waals surface area contributed by atoms with Gasteiger partial charge >= 0.3 is 0 Å². The van der Waals surface area contributed by atoms with Crippen molar-refractivity contribution in [1.82, 2.24) is 15.0 Å². The van der Waals surface area contributed by atoms with Crippen molar-refractivity contribution >= 4 is 5.82 Å². The van der Waals surface area contributed by atoms with E-state index in [4.69, 9.17) is 0 Å². The van der Waals surface area contributed by atoms with E-state index in [-0.39, 0.29) is 0 Å². The molecule has 1 aliphatic carbocycles. The maximum atomic E-state index is 4.66. The molecule has 0 spiro atoms. The molecule has 3 rings (SSSR count). The zero-order valence-corrected chi connectivity index (χ0v) is 11.3. The topological polar surface area (TPSA) is 50.7 Å². The van der Waals surface area contributed by atoms with Crippen LogP contribution in [0, 0.1) is 6.92 Å². The van der Waals surface area contributed by atoms with Crippen LogP contribution in [0.3, 0.4) is 0 Å². The molecule has 1 fully saturated rings. The second-order valence-electron chi connectivity index (χ2n) is 5.03. The number of nitrogens with one attached hydrogen (secondary N) is 1. The lowest BCUT2D eigenvalue weighted by Crippen LogP contribution is -2.04. The van der Waals surface area contributed by atoms with Crippen LogP contribution < -0.4 is 5.32 Å². The zero-order chi connectivity index (χ0) is 13.2. The quantitative estimate of drug-likeness (QED) is 0.910. The molecule has 0 unspecified atom stereocenters. The first-order valence-electron chi connectivity index (χ1n) is 6.82. The standard InChI is InChI=1S/C15H18N4/c1-3-16-14-8-13(11-5-6-11)18-15(19-14)12-7-4-10(2)9-17-12/h4,7-9,11H,3,5-6H2,1-2H3,(H,16,18,19). The number of hydrogen-bond donors (Lipinski definition) is 1. The molecule has 0 aliphatic heterocycles. The fourth-order valence-electron chi connectivity index (χ4n) is 2.04. The van der Waals surface area contributed by atoms with E-state index in [1.807, 2.05) is 25.3 Å². The van der Waals surface area contributed by atoms with Gasteiger partial charge < -0.3 is 5.32 Å². The van der Waals surface area contributed by atoms with Crippen LogP contribution in [0.1, 0.15) is 36.9 Å². The van der Waals surface area contributed by atoms with Gasteiger partial charge in [-0.25, -0.2) is 9.97 Å². The van der Waals surface area contributed by atoms with Crippen LogP contribution in [-0.2, 0) is 0 Å². The van der Waals surface area contributed by atoms with Gasteiger partial charge in [0.1, 0.15) is 11.5 Å². The molecule has 0 amide bonds. The van der Waals surface area contributed by atoms with Gasteiger partial charge in [-0.1, -0.05) is 6.07 Å². The SMILES string of the molecule is CCNc1cc(C2CC2)nc(-c2ccc(C)cn2)n1. The highest BCUT2D eigenvalue weighted by Gasteiger charge is 2.26. The van der Waals surface area contributed by atoms with Gasteiger partial charge in [0.2, 0.25) is 0 Å². The van der Waals surface area contributed by atoms with Gasteiger partial charge in [0.05, 0.1) is 0 Å². The normalized spacial score (nSPS) is 14.4. The zero-order valence-electron chi connectivity index (χ0n) is 11.3. The van der Waals surface area contributed by atoms with Crippen molar-refractivity contribution in [3.8, 4) is 11.5 Å². The molecule has 98 valence electrons. The van der Waals surface area contributed by atoms with Gasteiger partial charge in [0.25, 0.3) is 0 Å². The van der Waals surface area contributed by atoms with Crippen LogP contribution in [0.15, 0.2) is 24.4 Å². The Morgan fingerprint density at radius 2 is 2.11 bits per heavy atom. The number of nitrogens with zero attached hydrogens (tertiary/aromatic N) is 3. The monoisotopic (exact) mass is 254 g/mol. The fraction of sp³-hybridized carbons (Fsp3) is 0.400. The average Bonchev–Trinajstić information content (AvgIpc) is 3.24. The molecule has 1 aliphatic rings. The van der Waals surface area contributed by atoms with Gasteiger partial charge in [0.15, 0.2) is 5.82 Å². The van der Waals surface area contributed by atoms with E-state index in [1.54, 1.807) is 0 Å². The molecule has 0 bridgehead atoms. The smallest absolute Gasteiger partial charge is 0.180 e. The predicted molar refractivity (Wildman–Crippen MR) is 76.1 cm³/mol. The number of rotatable bonds is 4. The van der Waals surface area contributed by atoms with Crippen molar-refractivity contribution in [2.75, 3.05) is 11.9 Å². The highest BCUT2D eigenvalue weighted by atomic mass is 15.0. The summed E-state index contributed by atoms with van der Waals surface area (Å²) in [5.41, 5.74) is 3.13. The van der Waals surface area contributed by atoms with Crippen molar-refractivity contribution in [2.45, 2.75) is 32.6 Å².